The van der Waals surface area contributed by atoms with Crippen molar-refractivity contribution in [1.29, 1.82) is 0 Å². The van der Waals surface area contributed by atoms with Gasteiger partial charge < -0.3 is 4.74 Å². The summed E-state index contributed by atoms with van der Waals surface area (Å²) in [6.45, 7) is 6.10. The van der Waals surface area contributed by atoms with Crippen LogP contribution in [0, 0.1) is 5.92 Å². The first-order valence-corrected chi connectivity index (χ1v) is 7.57. The fourth-order valence-corrected chi connectivity index (χ4v) is 2.62. The van der Waals surface area contributed by atoms with Crippen molar-refractivity contribution in [3.05, 3.63) is 11.6 Å². The Kier molecular flexibility index (Phi) is 4.13. The number of nitrogens with one attached hydrogen (secondary N) is 1. The molecule has 1 aliphatic heterocycles. The molecule has 1 unspecified atom stereocenters. The molecule has 5 nitrogen and oxygen atoms in total. The fraction of sp³-hybridized carbons (Fsp3) is 0.857. The van der Waals surface area contributed by atoms with Crippen LogP contribution < -0.4 is 0 Å². The SMILES string of the molecule is CCc1n[nH]c(CN2CCCC(OCC3CC3)C2)n1. The molecule has 1 saturated heterocycles. The van der Waals surface area contributed by atoms with E-state index in [-0.39, 0.29) is 0 Å². The third-order valence-electron chi connectivity index (χ3n) is 3.99. The monoisotopic (exact) mass is 264 g/mol. The van der Waals surface area contributed by atoms with Crippen LogP contribution in [0.5, 0.6) is 0 Å². The Morgan fingerprint density at radius 2 is 2.26 bits per heavy atom. The largest absolute Gasteiger partial charge is 0.377 e. The van der Waals surface area contributed by atoms with Crippen molar-refractivity contribution >= 4 is 0 Å². The van der Waals surface area contributed by atoms with Crippen LogP contribution in [0.1, 0.15) is 44.3 Å². The molecule has 1 aromatic heterocycles. The highest BCUT2D eigenvalue weighted by atomic mass is 16.5. The zero-order valence-corrected chi connectivity index (χ0v) is 11.8. The zero-order valence-electron chi connectivity index (χ0n) is 11.8. The number of hydrogen-bond acceptors (Lipinski definition) is 4. The van der Waals surface area contributed by atoms with E-state index in [9.17, 15) is 0 Å². The van der Waals surface area contributed by atoms with E-state index < -0.39 is 0 Å². The first kappa shape index (κ1) is 13.1. The van der Waals surface area contributed by atoms with E-state index in [2.05, 4.69) is 27.0 Å². The van der Waals surface area contributed by atoms with Gasteiger partial charge in [0, 0.05) is 19.6 Å². The molecule has 2 heterocycles. The third-order valence-corrected chi connectivity index (χ3v) is 3.99. The average Bonchev–Trinajstić information content (AvgIpc) is 3.16. The molecule has 106 valence electrons. The maximum absolute atomic E-state index is 6.01. The molecule has 1 atom stereocenters. The van der Waals surface area contributed by atoms with Gasteiger partial charge in [-0.05, 0) is 38.1 Å². The average molecular weight is 264 g/mol. The second-order valence-electron chi connectivity index (χ2n) is 5.83. The number of rotatable bonds is 6. The molecule has 0 radical (unpaired) electrons. The van der Waals surface area contributed by atoms with E-state index in [1.807, 2.05) is 0 Å². The minimum atomic E-state index is 0.419. The van der Waals surface area contributed by atoms with Crippen molar-refractivity contribution in [2.45, 2.75) is 51.7 Å². The smallest absolute Gasteiger partial charge is 0.150 e. The predicted molar refractivity (Wildman–Crippen MR) is 72.7 cm³/mol. The van der Waals surface area contributed by atoms with E-state index in [0.717, 1.165) is 50.2 Å². The molecule has 1 saturated carbocycles. The lowest BCUT2D eigenvalue weighted by Crippen LogP contribution is -2.39. The lowest BCUT2D eigenvalue weighted by Gasteiger charge is -2.32. The Morgan fingerprint density at radius 3 is 3.00 bits per heavy atom. The van der Waals surface area contributed by atoms with Gasteiger partial charge in [0.25, 0.3) is 0 Å². The Hall–Kier alpha value is -0.940. The Labute approximate surface area is 114 Å². The van der Waals surface area contributed by atoms with Gasteiger partial charge in [0.05, 0.1) is 12.6 Å². The summed E-state index contributed by atoms with van der Waals surface area (Å²) in [5, 5.41) is 7.23. The van der Waals surface area contributed by atoms with E-state index in [1.165, 1.54) is 25.7 Å². The van der Waals surface area contributed by atoms with E-state index in [4.69, 9.17) is 4.74 Å². The number of ether oxygens (including phenoxy) is 1. The molecule has 0 bridgehead atoms. The standard InChI is InChI=1S/C14H24N4O/c1-2-13-15-14(17-16-13)9-18-7-3-4-12(8-18)19-10-11-5-6-11/h11-12H,2-10H2,1H3,(H,15,16,17). The molecule has 19 heavy (non-hydrogen) atoms. The van der Waals surface area contributed by atoms with Gasteiger partial charge in [0.1, 0.15) is 11.6 Å². The van der Waals surface area contributed by atoms with Crippen molar-refractivity contribution in [1.82, 2.24) is 20.1 Å². The molecule has 0 spiro atoms. The van der Waals surface area contributed by atoms with E-state index in [0.29, 0.717) is 6.10 Å². The highest BCUT2D eigenvalue weighted by Crippen LogP contribution is 2.30. The molecular formula is C14H24N4O. The number of likely N-dealkylation sites (tertiary alicyclic amines) is 1. The summed E-state index contributed by atoms with van der Waals surface area (Å²) >= 11 is 0. The number of hydrogen-bond donors (Lipinski definition) is 1. The summed E-state index contributed by atoms with van der Waals surface area (Å²) in [6.07, 6.45) is 6.48. The molecule has 1 aliphatic carbocycles. The highest BCUT2D eigenvalue weighted by molar-refractivity contribution is 4.90. The summed E-state index contributed by atoms with van der Waals surface area (Å²) in [6, 6.07) is 0. The number of aryl methyl sites for hydroxylation is 1. The molecule has 0 amide bonds. The zero-order chi connectivity index (χ0) is 13.1. The summed E-state index contributed by atoms with van der Waals surface area (Å²) in [5.74, 6) is 2.75. The Morgan fingerprint density at radius 1 is 1.37 bits per heavy atom. The maximum Gasteiger partial charge on any atom is 0.150 e. The van der Waals surface area contributed by atoms with Crippen LogP contribution in [0.15, 0.2) is 0 Å². The fourth-order valence-electron chi connectivity index (χ4n) is 2.62. The van der Waals surface area contributed by atoms with Gasteiger partial charge in [0.15, 0.2) is 0 Å². The number of aromatic amines is 1. The van der Waals surface area contributed by atoms with Gasteiger partial charge in [-0.1, -0.05) is 6.92 Å². The molecule has 2 aliphatic rings. The number of piperidine rings is 1. The van der Waals surface area contributed by atoms with Crippen LogP contribution in [0.3, 0.4) is 0 Å². The van der Waals surface area contributed by atoms with E-state index in [1.54, 1.807) is 0 Å². The van der Waals surface area contributed by atoms with Crippen molar-refractivity contribution in [3.63, 3.8) is 0 Å². The summed E-state index contributed by atoms with van der Waals surface area (Å²) in [4.78, 5) is 6.91. The quantitative estimate of drug-likeness (QED) is 0.850. The van der Waals surface area contributed by atoms with Crippen molar-refractivity contribution in [3.8, 4) is 0 Å². The van der Waals surface area contributed by atoms with Gasteiger partial charge in [-0.2, -0.15) is 5.10 Å². The Balaban J connectivity index is 1.46. The second-order valence-corrected chi connectivity index (χ2v) is 5.83. The first-order chi connectivity index (χ1) is 9.33. The van der Waals surface area contributed by atoms with Gasteiger partial charge in [-0.3, -0.25) is 10.00 Å². The minimum Gasteiger partial charge on any atom is -0.377 e. The predicted octanol–water partition coefficient (Wildman–Crippen LogP) is 1.76. The lowest BCUT2D eigenvalue weighted by atomic mass is 10.1. The molecule has 5 heteroatoms. The Bertz CT molecular complexity index is 402. The van der Waals surface area contributed by atoms with Gasteiger partial charge >= 0.3 is 0 Å². The molecule has 3 rings (SSSR count). The molecule has 2 fully saturated rings. The number of aromatic nitrogens is 3. The van der Waals surface area contributed by atoms with Gasteiger partial charge in [-0.15, -0.1) is 0 Å². The van der Waals surface area contributed by atoms with E-state index >= 15 is 0 Å². The summed E-state index contributed by atoms with van der Waals surface area (Å²) < 4.78 is 6.01. The van der Waals surface area contributed by atoms with Crippen molar-refractivity contribution < 1.29 is 4.74 Å². The first-order valence-electron chi connectivity index (χ1n) is 7.57. The third kappa shape index (κ3) is 3.76. The van der Waals surface area contributed by atoms with Crippen LogP contribution in [-0.2, 0) is 17.7 Å². The topological polar surface area (TPSA) is 54.0 Å². The van der Waals surface area contributed by atoms with Crippen molar-refractivity contribution in [2.75, 3.05) is 19.7 Å². The molecule has 1 N–H and O–H groups in total. The van der Waals surface area contributed by atoms with Crippen LogP contribution in [-0.4, -0.2) is 45.9 Å². The molecule has 0 aromatic carbocycles. The number of H-pyrrole nitrogens is 1. The number of nitrogens with zero attached hydrogens (tertiary/aromatic N) is 3. The van der Waals surface area contributed by atoms with Crippen LogP contribution in [0.4, 0.5) is 0 Å². The summed E-state index contributed by atoms with van der Waals surface area (Å²) in [7, 11) is 0. The maximum atomic E-state index is 6.01. The van der Waals surface area contributed by atoms with Crippen molar-refractivity contribution in [2.24, 2.45) is 5.92 Å². The molecular weight excluding hydrogens is 240 g/mol. The van der Waals surface area contributed by atoms with Gasteiger partial charge in [0.2, 0.25) is 0 Å². The van der Waals surface area contributed by atoms with Crippen LogP contribution in [0.25, 0.3) is 0 Å². The van der Waals surface area contributed by atoms with Crippen LogP contribution >= 0.6 is 0 Å². The normalized spacial score (nSPS) is 24.8. The summed E-state index contributed by atoms with van der Waals surface area (Å²) in [5.41, 5.74) is 0. The minimum absolute atomic E-state index is 0.419. The second kappa shape index (κ2) is 6.01. The van der Waals surface area contributed by atoms with Crippen LogP contribution in [0.2, 0.25) is 0 Å². The lowest BCUT2D eigenvalue weighted by molar-refractivity contribution is -0.00780. The van der Waals surface area contributed by atoms with Gasteiger partial charge in [-0.25, -0.2) is 4.98 Å². The molecule has 1 aromatic rings. The highest BCUT2D eigenvalue weighted by Gasteiger charge is 2.26.